The Bertz CT molecular complexity index is 147. The summed E-state index contributed by atoms with van der Waals surface area (Å²) in [6, 6.07) is 0. The van der Waals surface area contributed by atoms with Gasteiger partial charge < -0.3 is 0 Å². The summed E-state index contributed by atoms with van der Waals surface area (Å²) in [5.41, 5.74) is 0.591. The fourth-order valence-electron chi connectivity index (χ4n) is 2.94. The van der Waals surface area contributed by atoms with Crippen molar-refractivity contribution in [2.24, 2.45) is 23.2 Å². The van der Waals surface area contributed by atoms with Crippen LogP contribution in [0.4, 0.5) is 0 Å². The second-order valence-electron chi connectivity index (χ2n) is 5.86. The molecule has 2 unspecified atom stereocenters. The molecular formula is C13H26. The van der Waals surface area contributed by atoms with Crippen LogP contribution >= 0.6 is 0 Å². The van der Waals surface area contributed by atoms with Crippen LogP contribution in [0.2, 0.25) is 0 Å². The zero-order valence-corrected chi connectivity index (χ0v) is 10.1. The molecule has 1 aliphatic rings. The molecule has 0 aromatic carbocycles. The monoisotopic (exact) mass is 182 g/mol. The molecule has 0 heterocycles. The van der Waals surface area contributed by atoms with Crippen molar-refractivity contribution in [2.75, 3.05) is 0 Å². The van der Waals surface area contributed by atoms with Crippen LogP contribution in [-0.2, 0) is 0 Å². The van der Waals surface area contributed by atoms with Crippen LogP contribution in [0.5, 0.6) is 0 Å². The summed E-state index contributed by atoms with van der Waals surface area (Å²) in [6.07, 6.45) is 5.67. The Hall–Kier alpha value is 0. The summed E-state index contributed by atoms with van der Waals surface area (Å²) in [4.78, 5) is 0. The Balaban J connectivity index is 2.53. The van der Waals surface area contributed by atoms with Gasteiger partial charge in [0.05, 0.1) is 0 Å². The highest BCUT2D eigenvalue weighted by atomic mass is 14.4. The number of rotatable bonds is 3. The highest BCUT2D eigenvalue weighted by Gasteiger charge is 2.37. The van der Waals surface area contributed by atoms with E-state index in [-0.39, 0.29) is 0 Å². The van der Waals surface area contributed by atoms with Crippen molar-refractivity contribution in [1.29, 1.82) is 0 Å². The lowest BCUT2D eigenvalue weighted by Gasteiger charge is -2.31. The van der Waals surface area contributed by atoms with Crippen molar-refractivity contribution in [3.05, 3.63) is 0 Å². The van der Waals surface area contributed by atoms with Crippen molar-refractivity contribution in [3.63, 3.8) is 0 Å². The van der Waals surface area contributed by atoms with Crippen LogP contribution in [0.1, 0.15) is 60.3 Å². The van der Waals surface area contributed by atoms with Crippen LogP contribution < -0.4 is 0 Å². The van der Waals surface area contributed by atoms with Crippen molar-refractivity contribution < 1.29 is 0 Å². The van der Waals surface area contributed by atoms with Gasteiger partial charge in [0, 0.05) is 0 Å². The van der Waals surface area contributed by atoms with Crippen molar-refractivity contribution in [2.45, 2.75) is 60.3 Å². The Morgan fingerprint density at radius 3 is 1.92 bits per heavy atom. The molecule has 0 amide bonds. The standard InChI is InChI=1S/C13H26/c1-6-7-13(4,5)12-8-10(2)11(3)9-12/h10-12H,6-9H2,1-5H3. The third-order valence-electron chi connectivity index (χ3n) is 4.28. The minimum atomic E-state index is 0.591. The Morgan fingerprint density at radius 2 is 1.54 bits per heavy atom. The van der Waals surface area contributed by atoms with E-state index in [9.17, 15) is 0 Å². The largest absolute Gasteiger partial charge is 0.0654 e. The smallest absolute Gasteiger partial charge is 0.0326 e. The van der Waals surface area contributed by atoms with Gasteiger partial charge in [0.25, 0.3) is 0 Å². The molecule has 0 nitrogen and oxygen atoms in total. The first-order valence-corrected chi connectivity index (χ1v) is 5.97. The van der Waals surface area contributed by atoms with Gasteiger partial charge in [0.1, 0.15) is 0 Å². The van der Waals surface area contributed by atoms with Gasteiger partial charge in [-0.15, -0.1) is 0 Å². The van der Waals surface area contributed by atoms with Crippen LogP contribution in [0, 0.1) is 23.2 Å². The Morgan fingerprint density at radius 1 is 1.08 bits per heavy atom. The summed E-state index contributed by atoms with van der Waals surface area (Å²) in [6.45, 7) is 12.1. The van der Waals surface area contributed by atoms with Gasteiger partial charge in [-0.2, -0.15) is 0 Å². The van der Waals surface area contributed by atoms with E-state index in [0.29, 0.717) is 5.41 Å². The molecule has 13 heavy (non-hydrogen) atoms. The quantitative estimate of drug-likeness (QED) is 0.603. The van der Waals surface area contributed by atoms with Gasteiger partial charge in [0.2, 0.25) is 0 Å². The first-order valence-electron chi connectivity index (χ1n) is 5.97. The molecule has 0 aromatic heterocycles. The summed E-state index contributed by atoms with van der Waals surface area (Å²) >= 11 is 0. The highest BCUT2D eigenvalue weighted by molar-refractivity contribution is 4.87. The average Bonchev–Trinajstić information content (AvgIpc) is 2.33. The van der Waals surface area contributed by atoms with Crippen LogP contribution in [0.3, 0.4) is 0 Å². The van der Waals surface area contributed by atoms with Crippen LogP contribution in [0.25, 0.3) is 0 Å². The zero-order valence-electron chi connectivity index (χ0n) is 10.1. The van der Waals surface area contributed by atoms with E-state index in [1.807, 2.05) is 0 Å². The second kappa shape index (κ2) is 4.02. The second-order valence-corrected chi connectivity index (χ2v) is 5.86. The number of hydrogen-bond donors (Lipinski definition) is 0. The number of hydrogen-bond acceptors (Lipinski definition) is 0. The lowest BCUT2D eigenvalue weighted by molar-refractivity contribution is 0.191. The van der Waals surface area contributed by atoms with Gasteiger partial charge in [-0.05, 0) is 42.4 Å². The lowest BCUT2D eigenvalue weighted by atomic mass is 9.74. The van der Waals surface area contributed by atoms with Gasteiger partial charge in [0.15, 0.2) is 0 Å². The van der Waals surface area contributed by atoms with Gasteiger partial charge in [-0.25, -0.2) is 0 Å². The molecule has 0 bridgehead atoms. The SMILES string of the molecule is CCCC(C)(C)C1CC(C)C(C)C1. The van der Waals surface area contributed by atoms with Gasteiger partial charge >= 0.3 is 0 Å². The van der Waals surface area contributed by atoms with E-state index in [1.165, 1.54) is 25.7 Å². The third-order valence-corrected chi connectivity index (χ3v) is 4.28. The van der Waals surface area contributed by atoms with Crippen molar-refractivity contribution in [3.8, 4) is 0 Å². The fourth-order valence-corrected chi connectivity index (χ4v) is 2.94. The van der Waals surface area contributed by atoms with Gasteiger partial charge in [-0.3, -0.25) is 0 Å². The topological polar surface area (TPSA) is 0 Å². The maximum absolute atomic E-state index is 2.46. The molecule has 0 spiro atoms. The minimum Gasteiger partial charge on any atom is -0.0654 e. The Kier molecular flexibility index (Phi) is 3.43. The summed E-state index contributed by atoms with van der Waals surface area (Å²) in [5, 5.41) is 0. The third kappa shape index (κ3) is 2.48. The fraction of sp³-hybridized carbons (Fsp3) is 1.00. The average molecular weight is 182 g/mol. The molecule has 0 saturated heterocycles. The van der Waals surface area contributed by atoms with E-state index in [0.717, 1.165) is 17.8 Å². The molecule has 0 N–H and O–H groups in total. The van der Waals surface area contributed by atoms with E-state index in [4.69, 9.17) is 0 Å². The molecule has 1 rings (SSSR count). The normalized spacial score (nSPS) is 35.3. The predicted molar refractivity (Wildman–Crippen MR) is 59.7 cm³/mol. The molecule has 1 saturated carbocycles. The molecular weight excluding hydrogens is 156 g/mol. The lowest BCUT2D eigenvalue weighted by Crippen LogP contribution is -2.21. The molecule has 1 aliphatic carbocycles. The summed E-state index contributed by atoms with van der Waals surface area (Å²) < 4.78 is 0. The minimum absolute atomic E-state index is 0.591. The van der Waals surface area contributed by atoms with Crippen LogP contribution in [-0.4, -0.2) is 0 Å². The molecule has 2 atom stereocenters. The maximum atomic E-state index is 2.46. The van der Waals surface area contributed by atoms with E-state index in [2.05, 4.69) is 34.6 Å². The molecule has 0 aromatic rings. The molecule has 1 fully saturated rings. The van der Waals surface area contributed by atoms with Crippen LogP contribution in [0.15, 0.2) is 0 Å². The molecule has 78 valence electrons. The first-order chi connectivity index (χ1) is 5.97. The zero-order chi connectivity index (χ0) is 10.1. The Labute approximate surface area is 84.1 Å². The molecule has 0 heteroatoms. The maximum Gasteiger partial charge on any atom is -0.0326 e. The van der Waals surface area contributed by atoms with Gasteiger partial charge in [-0.1, -0.05) is 41.0 Å². The highest BCUT2D eigenvalue weighted by Crippen LogP contribution is 2.47. The van der Waals surface area contributed by atoms with E-state index in [1.54, 1.807) is 0 Å². The molecule has 0 radical (unpaired) electrons. The summed E-state index contributed by atoms with van der Waals surface area (Å²) in [5.74, 6) is 2.90. The van der Waals surface area contributed by atoms with E-state index < -0.39 is 0 Å². The predicted octanol–water partition coefficient (Wildman–Crippen LogP) is 4.49. The summed E-state index contributed by atoms with van der Waals surface area (Å²) in [7, 11) is 0. The van der Waals surface area contributed by atoms with Crippen molar-refractivity contribution >= 4 is 0 Å². The first kappa shape index (κ1) is 11.1. The van der Waals surface area contributed by atoms with E-state index >= 15 is 0 Å². The van der Waals surface area contributed by atoms with Crippen molar-refractivity contribution in [1.82, 2.24) is 0 Å². The molecule has 0 aliphatic heterocycles.